The van der Waals surface area contributed by atoms with Gasteiger partial charge in [-0.3, -0.25) is 4.79 Å². The molecule has 0 spiro atoms. The van der Waals surface area contributed by atoms with E-state index in [2.05, 4.69) is 30.3 Å². The minimum absolute atomic E-state index is 0.0518. The van der Waals surface area contributed by atoms with Crippen LogP contribution in [0.3, 0.4) is 0 Å². The molecule has 0 saturated carbocycles. The van der Waals surface area contributed by atoms with E-state index < -0.39 is 5.60 Å². The standard InChI is InChI=1S/C23H26O3S/c1-5-15(2)22(24)25-14-26-23(3,4)18-10-11-20-17(13-18)12-16-8-6-7-9-19(16)21(20)27/h6-13,15,27H,5,14H2,1-4H3. The summed E-state index contributed by atoms with van der Waals surface area (Å²) in [5, 5.41) is 4.53. The zero-order chi connectivity index (χ0) is 19.6. The van der Waals surface area contributed by atoms with Crippen LogP contribution in [0.15, 0.2) is 53.4 Å². The molecule has 0 aromatic heterocycles. The van der Waals surface area contributed by atoms with E-state index >= 15 is 0 Å². The second-order valence-corrected chi connectivity index (χ2v) is 7.87. The lowest BCUT2D eigenvalue weighted by Crippen LogP contribution is -2.25. The molecule has 3 aromatic carbocycles. The summed E-state index contributed by atoms with van der Waals surface area (Å²) >= 11 is 4.74. The van der Waals surface area contributed by atoms with Gasteiger partial charge in [0.25, 0.3) is 0 Å². The summed E-state index contributed by atoms with van der Waals surface area (Å²) in [4.78, 5) is 12.8. The molecule has 27 heavy (non-hydrogen) atoms. The minimum atomic E-state index is -0.577. The highest BCUT2D eigenvalue weighted by molar-refractivity contribution is 7.80. The number of hydrogen-bond acceptors (Lipinski definition) is 4. The molecule has 0 bridgehead atoms. The average Bonchev–Trinajstić information content (AvgIpc) is 2.67. The van der Waals surface area contributed by atoms with Gasteiger partial charge in [-0.15, -0.1) is 12.6 Å². The van der Waals surface area contributed by atoms with Crippen molar-refractivity contribution >= 4 is 40.1 Å². The number of ether oxygens (including phenoxy) is 2. The van der Waals surface area contributed by atoms with Crippen molar-refractivity contribution in [3.05, 3.63) is 54.1 Å². The summed E-state index contributed by atoms with van der Waals surface area (Å²) in [5.74, 6) is -0.336. The molecule has 4 heteroatoms. The number of carbonyl (C=O) groups is 1. The lowest BCUT2D eigenvalue weighted by Gasteiger charge is -2.26. The highest BCUT2D eigenvalue weighted by Crippen LogP contribution is 2.34. The van der Waals surface area contributed by atoms with Crippen molar-refractivity contribution in [3.63, 3.8) is 0 Å². The molecule has 0 amide bonds. The van der Waals surface area contributed by atoms with E-state index in [9.17, 15) is 4.79 Å². The van der Waals surface area contributed by atoms with E-state index in [1.165, 1.54) is 0 Å². The highest BCUT2D eigenvalue weighted by Gasteiger charge is 2.23. The molecular weight excluding hydrogens is 356 g/mol. The maximum Gasteiger partial charge on any atom is 0.310 e. The molecule has 0 aliphatic heterocycles. The molecule has 3 nitrogen and oxygen atoms in total. The summed E-state index contributed by atoms with van der Waals surface area (Å²) in [5.41, 5.74) is 0.449. The van der Waals surface area contributed by atoms with Gasteiger partial charge in [0.05, 0.1) is 11.5 Å². The quantitative estimate of drug-likeness (QED) is 0.243. The van der Waals surface area contributed by atoms with Gasteiger partial charge in [0, 0.05) is 4.90 Å². The van der Waals surface area contributed by atoms with Crippen LogP contribution in [0.4, 0.5) is 0 Å². The largest absolute Gasteiger partial charge is 0.438 e. The predicted octanol–water partition coefficient (Wildman–Crippen LogP) is 6.08. The van der Waals surface area contributed by atoms with Crippen molar-refractivity contribution in [1.29, 1.82) is 0 Å². The number of thiol groups is 1. The molecule has 0 saturated heterocycles. The van der Waals surface area contributed by atoms with E-state index in [-0.39, 0.29) is 18.7 Å². The highest BCUT2D eigenvalue weighted by atomic mass is 32.1. The predicted molar refractivity (Wildman–Crippen MR) is 113 cm³/mol. The van der Waals surface area contributed by atoms with Crippen molar-refractivity contribution in [2.24, 2.45) is 5.92 Å². The summed E-state index contributed by atoms with van der Waals surface area (Å²) in [6, 6.07) is 16.7. The molecule has 3 rings (SSSR count). The number of benzene rings is 3. The van der Waals surface area contributed by atoms with Gasteiger partial charge in [-0.2, -0.15) is 0 Å². The van der Waals surface area contributed by atoms with E-state index in [1.807, 2.05) is 45.9 Å². The van der Waals surface area contributed by atoms with Crippen LogP contribution in [0.5, 0.6) is 0 Å². The average molecular weight is 383 g/mol. The second-order valence-electron chi connectivity index (χ2n) is 7.43. The van der Waals surface area contributed by atoms with E-state index in [4.69, 9.17) is 22.1 Å². The normalized spacial score (nSPS) is 13.1. The number of fused-ring (bicyclic) bond motifs is 2. The number of esters is 1. The molecule has 0 aliphatic rings. The molecule has 0 heterocycles. The fraction of sp³-hybridized carbons (Fsp3) is 0.348. The molecule has 1 unspecified atom stereocenters. The first-order valence-corrected chi connectivity index (χ1v) is 9.73. The molecule has 3 aromatic rings. The maximum absolute atomic E-state index is 11.8. The summed E-state index contributed by atoms with van der Waals surface area (Å²) in [7, 11) is 0. The van der Waals surface area contributed by atoms with E-state index in [0.29, 0.717) is 0 Å². The van der Waals surface area contributed by atoms with E-state index in [0.717, 1.165) is 38.4 Å². The van der Waals surface area contributed by atoms with Gasteiger partial charge >= 0.3 is 5.97 Å². The van der Waals surface area contributed by atoms with Crippen LogP contribution >= 0.6 is 12.6 Å². The summed E-state index contributed by atoms with van der Waals surface area (Å²) in [6.07, 6.45) is 0.757. The monoisotopic (exact) mass is 382 g/mol. The molecule has 0 radical (unpaired) electrons. The zero-order valence-corrected chi connectivity index (χ0v) is 17.2. The first kappa shape index (κ1) is 19.7. The van der Waals surface area contributed by atoms with Crippen molar-refractivity contribution < 1.29 is 14.3 Å². The topological polar surface area (TPSA) is 35.5 Å². The smallest absolute Gasteiger partial charge is 0.310 e. The van der Waals surface area contributed by atoms with Crippen molar-refractivity contribution in [1.82, 2.24) is 0 Å². The van der Waals surface area contributed by atoms with Gasteiger partial charge in [0.15, 0.2) is 6.79 Å². The fourth-order valence-electron chi connectivity index (χ4n) is 3.05. The number of carbonyl (C=O) groups excluding carboxylic acids is 1. The van der Waals surface area contributed by atoms with Gasteiger partial charge in [-0.1, -0.05) is 50.2 Å². The Hall–Kier alpha value is -2.04. The van der Waals surface area contributed by atoms with Crippen molar-refractivity contribution in [2.45, 2.75) is 44.6 Å². The zero-order valence-electron chi connectivity index (χ0n) is 16.3. The second kappa shape index (κ2) is 7.91. The molecule has 1 atom stereocenters. The molecular formula is C23H26O3S. The first-order valence-electron chi connectivity index (χ1n) is 9.29. The Balaban J connectivity index is 1.85. The summed E-state index contributed by atoms with van der Waals surface area (Å²) < 4.78 is 11.1. The summed E-state index contributed by atoms with van der Waals surface area (Å²) in [6.45, 7) is 7.73. The molecule has 0 N–H and O–H groups in total. The van der Waals surface area contributed by atoms with Crippen LogP contribution < -0.4 is 0 Å². The Morgan fingerprint density at radius 1 is 1.07 bits per heavy atom. The Morgan fingerprint density at radius 3 is 2.52 bits per heavy atom. The molecule has 0 fully saturated rings. The number of rotatable bonds is 6. The molecule has 0 aliphatic carbocycles. The van der Waals surface area contributed by atoms with Gasteiger partial charge in [0.2, 0.25) is 0 Å². The van der Waals surface area contributed by atoms with Crippen molar-refractivity contribution in [2.75, 3.05) is 6.79 Å². The fourth-order valence-corrected chi connectivity index (χ4v) is 3.46. The third-order valence-corrected chi connectivity index (χ3v) is 5.65. The van der Waals surface area contributed by atoms with Crippen molar-refractivity contribution in [3.8, 4) is 0 Å². The van der Waals surface area contributed by atoms with E-state index in [1.54, 1.807) is 0 Å². The molecule has 142 valence electrons. The Bertz CT molecular complexity index is 978. The minimum Gasteiger partial charge on any atom is -0.438 e. The van der Waals surface area contributed by atoms with Gasteiger partial charge in [0.1, 0.15) is 0 Å². The third kappa shape index (κ3) is 4.12. The van der Waals surface area contributed by atoms with Crippen LogP contribution in [-0.2, 0) is 19.9 Å². The number of hydrogen-bond donors (Lipinski definition) is 1. The van der Waals surface area contributed by atoms with Crippen LogP contribution in [-0.4, -0.2) is 12.8 Å². The SMILES string of the molecule is CCC(C)C(=O)OCOC(C)(C)c1ccc2c(S)c3ccccc3cc2c1. The van der Waals surface area contributed by atoms with Gasteiger partial charge in [-0.25, -0.2) is 0 Å². The van der Waals surface area contributed by atoms with Crippen LogP contribution in [0, 0.1) is 5.92 Å². The Labute approximate surface area is 166 Å². The Kier molecular flexibility index (Phi) is 5.78. The lowest BCUT2D eigenvalue weighted by atomic mass is 9.94. The maximum atomic E-state index is 11.8. The third-order valence-electron chi connectivity index (χ3n) is 5.16. The van der Waals surface area contributed by atoms with Crippen LogP contribution in [0.25, 0.3) is 21.5 Å². The van der Waals surface area contributed by atoms with Crippen LogP contribution in [0.1, 0.15) is 39.7 Å². The van der Waals surface area contributed by atoms with Gasteiger partial charge in [-0.05, 0) is 59.5 Å². The lowest BCUT2D eigenvalue weighted by molar-refractivity contribution is -0.174. The first-order chi connectivity index (χ1) is 12.8. The Morgan fingerprint density at radius 2 is 1.78 bits per heavy atom. The van der Waals surface area contributed by atoms with Crippen LogP contribution in [0.2, 0.25) is 0 Å². The van der Waals surface area contributed by atoms with Gasteiger partial charge < -0.3 is 9.47 Å².